The number of aromatic nitrogens is 2. The average molecular weight is 363 g/mol. The van der Waals surface area contributed by atoms with Gasteiger partial charge >= 0.3 is 0 Å². The van der Waals surface area contributed by atoms with Crippen LogP contribution in [0.1, 0.15) is 32.1 Å². The fourth-order valence-electron chi connectivity index (χ4n) is 3.11. The number of rotatable bonds is 5. The van der Waals surface area contributed by atoms with Crippen LogP contribution in [0.5, 0.6) is 0 Å². The first-order valence-corrected chi connectivity index (χ1v) is 9.02. The number of halogens is 1. The molecule has 2 N–H and O–H groups in total. The van der Waals surface area contributed by atoms with Crippen LogP contribution in [0.15, 0.2) is 28.8 Å². The number of benzene rings is 1. The molecule has 3 rings (SSSR count). The van der Waals surface area contributed by atoms with Crippen molar-refractivity contribution < 1.29 is 9.32 Å². The Morgan fingerprint density at radius 2 is 2.20 bits per heavy atom. The van der Waals surface area contributed by atoms with Crippen molar-refractivity contribution >= 4 is 17.5 Å². The summed E-state index contributed by atoms with van der Waals surface area (Å²) in [6.07, 6.45) is 2.92. The first-order chi connectivity index (χ1) is 12.0. The molecule has 0 spiro atoms. The van der Waals surface area contributed by atoms with Gasteiger partial charge in [0.15, 0.2) is 0 Å². The lowest BCUT2D eigenvalue weighted by Crippen LogP contribution is -2.45. The highest BCUT2D eigenvalue weighted by atomic mass is 35.5. The smallest absolute Gasteiger partial charge is 0.227 e. The number of hydrogen-bond donors (Lipinski definition) is 1. The molecule has 2 aromatic rings. The lowest BCUT2D eigenvalue weighted by Gasteiger charge is -2.34. The number of likely N-dealkylation sites (tertiary alicyclic amines) is 1. The Morgan fingerprint density at radius 1 is 1.44 bits per heavy atom. The predicted molar refractivity (Wildman–Crippen MR) is 96.0 cm³/mol. The molecule has 2 heterocycles. The van der Waals surface area contributed by atoms with E-state index in [-0.39, 0.29) is 11.9 Å². The molecule has 0 saturated carbocycles. The largest absolute Gasteiger partial charge is 0.342 e. The molecule has 25 heavy (non-hydrogen) atoms. The van der Waals surface area contributed by atoms with Crippen LogP contribution in [0.25, 0.3) is 11.4 Å². The van der Waals surface area contributed by atoms with Crippen LogP contribution in [0, 0.1) is 5.92 Å². The van der Waals surface area contributed by atoms with Crippen LogP contribution in [-0.2, 0) is 11.2 Å². The first-order valence-electron chi connectivity index (χ1n) is 8.65. The van der Waals surface area contributed by atoms with Gasteiger partial charge in [0, 0.05) is 42.6 Å². The SMILES string of the molecule is CC(N)C1CCCN(C(=O)CCc2nc(-c3ccc(Cl)cc3)no2)C1. The first kappa shape index (κ1) is 17.9. The summed E-state index contributed by atoms with van der Waals surface area (Å²) >= 11 is 5.88. The van der Waals surface area contributed by atoms with Crippen molar-refractivity contribution in [2.45, 2.75) is 38.6 Å². The molecule has 1 fully saturated rings. The maximum absolute atomic E-state index is 12.4. The van der Waals surface area contributed by atoms with Gasteiger partial charge in [-0.15, -0.1) is 0 Å². The zero-order valence-electron chi connectivity index (χ0n) is 14.3. The number of hydrogen-bond acceptors (Lipinski definition) is 5. The second-order valence-electron chi connectivity index (χ2n) is 6.62. The Morgan fingerprint density at radius 3 is 2.92 bits per heavy atom. The van der Waals surface area contributed by atoms with E-state index in [1.165, 1.54) is 0 Å². The van der Waals surface area contributed by atoms with Gasteiger partial charge in [0.1, 0.15) is 0 Å². The predicted octanol–water partition coefficient (Wildman–Crippen LogP) is 2.91. The summed E-state index contributed by atoms with van der Waals surface area (Å²) in [4.78, 5) is 18.7. The molecule has 0 radical (unpaired) electrons. The number of nitrogens with zero attached hydrogens (tertiary/aromatic N) is 3. The Kier molecular flexibility index (Phi) is 5.71. The van der Waals surface area contributed by atoms with Gasteiger partial charge in [-0.05, 0) is 49.9 Å². The van der Waals surface area contributed by atoms with Gasteiger partial charge in [-0.2, -0.15) is 4.98 Å². The summed E-state index contributed by atoms with van der Waals surface area (Å²) in [5, 5.41) is 4.63. The molecule has 0 aliphatic carbocycles. The highest BCUT2D eigenvalue weighted by molar-refractivity contribution is 6.30. The third-order valence-electron chi connectivity index (χ3n) is 4.68. The highest BCUT2D eigenvalue weighted by Crippen LogP contribution is 2.21. The monoisotopic (exact) mass is 362 g/mol. The van der Waals surface area contributed by atoms with Gasteiger partial charge in [0.25, 0.3) is 0 Å². The van der Waals surface area contributed by atoms with Gasteiger partial charge in [-0.25, -0.2) is 0 Å². The minimum absolute atomic E-state index is 0.119. The van der Waals surface area contributed by atoms with Gasteiger partial charge in [-0.3, -0.25) is 4.79 Å². The Balaban J connectivity index is 1.55. The standard InChI is InChI=1S/C18H23ClN4O2/c1-12(20)14-3-2-10-23(11-14)17(24)9-8-16-21-18(22-25-16)13-4-6-15(19)7-5-13/h4-7,12,14H,2-3,8-11,20H2,1H3. The molecule has 7 heteroatoms. The van der Waals surface area contributed by atoms with Crippen LogP contribution < -0.4 is 5.73 Å². The zero-order valence-corrected chi connectivity index (χ0v) is 15.1. The van der Waals surface area contributed by atoms with Crippen molar-refractivity contribution in [1.29, 1.82) is 0 Å². The van der Waals surface area contributed by atoms with Crippen molar-refractivity contribution in [2.75, 3.05) is 13.1 Å². The maximum Gasteiger partial charge on any atom is 0.227 e. The van der Waals surface area contributed by atoms with E-state index in [2.05, 4.69) is 10.1 Å². The molecule has 2 unspecified atom stereocenters. The van der Waals surface area contributed by atoms with Crippen molar-refractivity contribution in [3.63, 3.8) is 0 Å². The Labute approximate surface area is 152 Å². The molecule has 1 saturated heterocycles. The average Bonchev–Trinajstić information content (AvgIpc) is 3.09. The van der Waals surface area contributed by atoms with Crippen LogP contribution >= 0.6 is 11.6 Å². The lowest BCUT2D eigenvalue weighted by atomic mass is 9.92. The third-order valence-corrected chi connectivity index (χ3v) is 4.93. The Bertz CT molecular complexity index is 714. The zero-order chi connectivity index (χ0) is 17.8. The number of nitrogens with two attached hydrogens (primary N) is 1. The van der Waals surface area contributed by atoms with Crippen LogP contribution in [0.2, 0.25) is 5.02 Å². The van der Waals surface area contributed by atoms with E-state index >= 15 is 0 Å². The number of carbonyl (C=O) groups is 1. The van der Waals surface area contributed by atoms with Gasteiger partial charge in [-0.1, -0.05) is 16.8 Å². The van der Waals surface area contributed by atoms with Crippen molar-refractivity contribution in [3.8, 4) is 11.4 Å². The summed E-state index contributed by atoms with van der Waals surface area (Å²) in [5.74, 6) is 1.49. The van der Waals surface area contributed by atoms with E-state index in [1.54, 1.807) is 12.1 Å². The van der Waals surface area contributed by atoms with Crippen LogP contribution in [0.4, 0.5) is 0 Å². The topological polar surface area (TPSA) is 85.2 Å². The summed E-state index contributed by atoms with van der Waals surface area (Å²) < 4.78 is 5.26. The van der Waals surface area contributed by atoms with Gasteiger partial charge in [0.2, 0.25) is 17.6 Å². The highest BCUT2D eigenvalue weighted by Gasteiger charge is 2.25. The summed E-state index contributed by atoms with van der Waals surface area (Å²) in [5.41, 5.74) is 6.82. The number of amides is 1. The molecule has 6 nitrogen and oxygen atoms in total. The summed E-state index contributed by atoms with van der Waals surface area (Å²) in [6, 6.07) is 7.35. The van der Waals surface area contributed by atoms with E-state index in [9.17, 15) is 4.79 Å². The lowest BCUT2D eigenvalue weighted by molar-refractivity contribution is -0.133. The summed E-state index contributed by atoms with van der Waals surface area (Å²) in [6.45, 7) is 3.56. The molecular weight excluding hydrogens is 340 g/mol. The molecule has 134 valence electrons. The van der Waals surface area contributed by atoms with E-state index in [4.69, 9.17) is 21.9 Å². The van der Waals surface area contributed by atoms with Crippen LogP contribution in [0.3, 0.4) is 0 Å². The van der Waals surface area contributed by atoms with E-state index < -0.39 is 0 Å². The second-order valence-corrected chi connectivity index (χ2v) is 7.06. The third kappa shape index (κ3) is 4.58. The normalized spacial score (nSPS) is 19.0. The maximum atomic E-state index is 12.4. The van der Waals surface area contributed by atoms with E-state index in [1.807, 2.05) is 24.0 Å². The number of piperidine rings is 1. The summed E-state index contributed by atoms with van der Waals surface area (Å²) in [7, 11) is 0. The molecule has 1 aliphatic heterocycles. The van der Waals surface area contributed by atoms with E-state index in [0.717, 1.165) is 31.5 Å². The molecule has 2 atom stereocenters. The van der Waals surface area contributed by atoms with Gasteiger partial charge < -0.3 is 15.2 Å². The van der Waals surface area contributed by atoms with E-state index in [0.29, 0.717) is 35.5 Å². The quantitative estimate of drug-likeness (QED) is 0.883. The van der Waals surface area contributed by atoms with Crippen molar-refractivity contribution in [1.82, 2.24) is 15.0 Å². The van der Waals surface area contributed by atoms with Gasteiger partial charge in [0.05, 0.1) is 0 Å². The number of carbonyl (C=O) groups excluding carboxylic acids is 1. The molecule has 1 amide bonds. The van der Waals surface area contributed by atoms with Crippen LogP contribution in [-0.4, -0.2) is 40.1 Å². The van der Waals surface area contributed by atoms with Crippen molar-refractivity contribution in [3.05, 3.63) is 35.2 Å². The molecule has 0 bridgehead atoms. The fourth-order valence-corrected chi connectivity index (χ4v) is 3.24. The Hall–Kier alpha value is -1.92. The molecule has 1 aromatic heterocycles. The minimum Gasteiger partial charge on any atom is -0.342 e. The fraction of sp³-hybridized carbons (Fsp3) is 0.500. The molecule has 1 aromatic carbocycles. The molecule has 1 aliphatic rings. The molecular formula is C18H23ClN4O2. The van der Waals surface area contributed by atoms with Crippen molar-refractivity contribution in [2.24, 2.45) is 11.7 Å². The minimum atomic E-state index is 0.119. The second kappa shape index (κ2) is 7.97. The number of aryl methyl sites for hydroxylation is 1.